The van der Waals surface area contributed by atoms with E-state index in [1.54, 1.807) is 18.3 Å². The van der Waals surface area contributed by atoms with Gasteiger partial charge in [0.2, 0.25) is 11.8 Å². The van der Waals surface area contributed by atoms with Gasteiger partial charge in [-0.2, -0.15) is 4.98 Å². The Labute approximate surface area is 111 Å². The van der Waals surface area contributed by atoms with Crippen LogP contribution in [0.4, 0.5) is 10.3 Å². The number of hydrogen-bond donors (Lipinski definition) is 1. The zero-order chi connectivity index (χ0) is 13.5. The van der Waals surface area contributed by atoms with Crippen molar-refractivity contribution in [3.05, 3.63) is 47.9 Å². The summed E-state index contributed by atoms with van der Waals surface area (Å²) in [5.41, 5.74) is 0.938. The monoisotopic (exact) mass is 261 g/mol. The van der Waals surface area contributed by atoms with Crippen molar-refractivity contribution in [3.8, 4) is 5.88 Å². The molecule has 0 saturated carbocycles. The lowest BCUT2D eigenvalue weighted by Crippen LogP contribution is -2.08. The number of benzene rings is 1. The molecule has 0 aliphatic heterocycles. The third kappa shape index (κ3) is 4.21. The average Bonchev–Trinajstić information content (AvgIpc) is 2.40. The Kier molecular flexibility index (Phi) is 4.66. The summed E-state index contributed by atoms with van der Waals surface area (Å²) in [6, 6.07) is 8.27. The number of rotatable bonds is 6. The molecule has 1 N–H and O–H groups in total. The zero-order valence-electron chi connectivity index (χ0n) is 10.8. The van der Waals surface area contributed by atoms with E-state index in [0.29, 0.717) is 31.4 Å². The summed E-state index contributed by atoms with van der Waals surface area (Å²) in [4.78, 5) is 8.29. The second-order valence-electron chi connectivity index (χ2n) is 3.96. The molecule has 0 aliphatic carbocycles. The van der Waals surface area contributed by atoms with E-state index < -0.39 is 0 Å². The van der Waals surface area contributed by atoms with Crippen LogP contribution >= 0.6 is 0 Å². The Hall–Kier alpha value is -2.17. The predicted molar refractivity (Wildman–Crippen MR) is 71.8 cm³/mol. The Balaban J connectivity index is 1.87. The van der Waals surface area contributed by atoms with Crippen LogP contribution in [0.5, 0.6) is 5.88 Å². The van der Waals surface area contributed by atoms with Crippen LogP contribution in [0.1, 0.15) is 12.5 Å². The molecule has 2 rings (SSSR count). The molecule has 19 heavy (non-hydrogen) atoms. The highest BCUT2D eigenvalue weighted by molar-refractivity contribution is 5.28. The van der Waals surface area contributed by atoms with Gasteiger partial charge < -0.3 is 10.1 Å². The van der Waals surface area contributed by atoms with E-state index in [-0.39, 0.29) is 5.82 Å². The highest BCUT2D eigenvalue weighted by atomic mass is 19.1. The first-order valence-electron chi connectivity index (χ1n) is 6.22. The summed E-state index contributed by atoms with van der Waals surface area (Å²) in [6.07, 6.45) is 2.35. The van der Waals surface area contributed by atoms with Crippen molar-refractivity contribution in [2.45, 2.75) is 13.3 Å². The smallest absolute Gasteiger partial charge is 0.225 e. The highest BCUT2D eigenvalue weighted by Crippen LogP contribution is 2.09. The lowest BCUT2D eigenvalue weighted by Gasteiger charge is -2.06. The molecule has 2 aromatic rings. The number of nitrogens with one attached hydrogen (secondary N) is 1. The summed E-state index contributed by atoms with van der Waals surface area (Å²) in [5.74, 6) is 0.847. The molecule has 0 amide bonds. The Morgan fingerprint density at radius 2 is 2.21 bits per heavy atom. The molecular weight excluding hydrogens is 245 g/mol. The normalized spacial score (nSPS) is 10.2. The van der Waals surface area contributed by atoms with Crippen molar-refractivity contribution >= 4 is 5.95 Å². The first-order chi connectivity index (χ1) is 9.28. The molecule has 0 saturated heterocycles. The lowest BCUT2D eigenvalue weighted by molar-refractivity contribution is 0.326. The van der Waals surface area contributed by atoms with E-state index in [9.17, 15) is 4.39 Å². The maximum absolute atomic E-state index is 13.0. The minimum atomic E-state index is -0.216. The average molecular weight is 261 g/mol. The molecule has 0 bridgehead atoms. The minimum absolute atomic E-state index is 0.216. The van der Waals surface area contributed by atoms with Crippen molar-refractivity contribution in [1.29, 1.82) is 0 Å². The molecule has 4 nitrogen and oxygen atoms in total. The largest absolute Gasteiger partial charge is 0.478 e. The second-order valence-corrected chi connectivity index (χ2v) is 3.96. The fourth-order valence-electron chi connectivity index (χ4n) is 1.67. The van der Waals surface area contributed by atoms with Crippen LogP contribution < -0.4 is 10.1 Å². The van der Waals surface area contributed by atoms with E-state index >= 15 is 0 Å². The standard InChI is InChI=1S/C14H16FN3O/c1-2-19-13-7-9-17-14(18-13)16-8-6-11-4-3-5-12(15)10-11/h3-5,7,9-10H,2,6,8H2,1H3,(H,16,17,18). The molecule has 1 aromatic carbocycles. The first-order valence-corrected chi connectivity index (χ1v) is 6.22. The number of nitrogens with zero attached hydrogens (tertiary/aromatic N) is 2. The summed E-state index contributed by atoms with van der Waals surface area (Å²) in [5, 5.41) is 3.09. The van der Waals surface area contributed by atoms with Crippen molar-refractivity contribution in [2.24, 2.45) is 0 Å². The van der Waals surface area contributed by atoms with Gasteiger partial charge in [0.25, 0.3) is 0 Å². The van der Waals surface area contributed by atoms with Crippen LogP contribution in [0, 0.1) is 5.82 Å². The van der Waals surface area contributed by atoms with Crippen molar-refractivity contribution in [2.75, 3.05) is 18.5 Å². The van der Waals surface area contributed by atoms with Gasteiger partial charge in [-0.1, -0.05) is 12.1 Å². The topological polar surface area (TPSA) is 47.0 Å². The van der Waals surface area contributed by atoms with E-state index in [1.807, 2.05) is 13.0 Å². The lowest BCUT2D eigenvalue weighted by atomic mass is 10.1. The van der Waals surface area contributed by atoms with Crippen LogP contribution in [0.3, 0.4) is 0 Å². The Morgan fingerprint density at radius 1 is 1.32 bits per heavy atom. The van der Waals surface area contributed by atoms with Gasteiger partial charge in [-0.15, -0.1) is 0 Å². The zero-order valence-corrected chi connectivity index (χ0v) is 10.8. The quantitative estimate of drug-likeness (QED) is 0.868. The van der Waals surface area contributed by atoms with E-state index in [1.165, 1.54) is 12.1 Å². The van der Waals surface area contributed by atoms with Crippen molar-refractivity contribution < 1.29 is 9.13 Å². The van der Waals surface area contributed by atoms with Gasteiger partial charge in [-0.25, -0.2) is 9.37 Å². The van der Waals surface area contributed by atoms with Crippen LogP contribution in [0.25, 0.3) is 0 Å². The van der Waals surface area contributed by atoms with Gasteiger partial charge in [0, 0.05) is 18.8 Å². The SMILES string of the molecule is CCOc1ccnc(NCCc2cccc(F)c2)n1. The predicted octanol–water partition coefficient (Wildman–Crippen LogP) is 2.67. The summed E-state index contributed by atoms with van der Waals surface area (Å²) in [6.45, 7) is 3.11. The van der Waals surface area contributed by atoms with Gasteiger partial charge in [-0.3, -0.25) is 0 Å². The van der Waals surface area contributed by atoms with Gasteiger partial charge in [0.15, 0.2) is 0 Å². The van der Waals surface area contributed by atoms with Gasteiger partial charge >= 0.3 is 0 Å². The number of anilines is 1. The molecule has 0 fully saturated rings. The third-order valence-corrected chi connectivity index (χ3v) is 2.51. The molecule has 0 aliphatic rings. The fourth-order valence-corrected chi connectivity index (χ4v) is 1.67. The second kappa shape index (κ2) is 6.68. The van der Waals surface area contributed by atoms with Crippen LogP contribution in [-0.2, 0) is 6.42 Å². The first kappa shape index (κ1) is 13.3. The molecule has 0 spiro atoms. The summed E-state index contributed by atoms with van der Waals surface area (Å²) < 4.78 is 18.3. The number of aromatic nitrogens is 2. The Morgan fingerprint density at radius 3 is 3.00 bits per heavy atom. The number of hydrogen-bond acceptors (Lipinski definition) is 4. The van der Waals surface area contributed by atoms with E-state index in [0.717, 1.165) is 5.56 Å². The van der Waals surface area contributed by atoms with Crippen molar-refractivity contribution in [1.82, 2.24) is 9.97 Å². The summed E-state index contributed by atoms with van der Waals surface area (Å²) >= 11 is 0. The van der Waals surface area contributed by atoms with Crippen LogP contribution in [0.15, 0.2) is 36.5 Å². The maximum Gasteiger partial charge on any atom is 0.225 e. The van der Waals surface area contributed by atoms with Crippen LogP contribution in [-0.4, -0.2) is 23.1 Å². The molecule has 100 valence electrons. The summed E-state index contributed by atoms with van der Waals surface area (Å²) in [7, 11) is 0. The van der Waals surface area contributed by atoms with E-state index in [2.05, 4.69) is 15.3 Å². The van der Waals surface area contributed by atoms with Crippen molar-refractivity contribution in [3.63, 3.8) is 0 Å². The molecule has 5 heteroatoms. The molecule has 1 heterocycles. The molecular formula is C14H16FN3O. The molecule has 1 aromatic heterocycles. The Bertz CT molecular complexity index is 534. The van der Waals surface area contributed by atoms with Gasteiger partial charge in [-0.05, 0) is 31.0 Å². The minimum Gasteiger partial charge on any atom is -0.478 e. The van der Waals surface area contributed by atoms with Gasteiger partial charge in [0.05, 0.1) is 6.61 Å². The van der Waals surface area contributed by atoms with Crippen LogP contribution in [0.2, 0.25) is 0 Å². The van der Waals surface area contributed by atoms with Gasteiger partial charge in [0.1, 0.15) is 5.82 Å². The number of ether oxygens (including phenoxy) is 1. The molecule has 0 radical (unpaired) electrons. The number of halogens is 1. The highest BCUT2D eigenvalue weighted by Gasteiger charge is 2.00. The fraction of sp³-hybridized carbons (Fsp3) is 0.286. The third-order valence-electron chi connectivity index (χ3n) is 2.51. The van der Waals surface area contributed by atoms with E-state index in [4.69, 9.17) is 4.74 Å². The maximum atomic E-state index is 13.0. The molecule has 0 atom stereocenters. The molecule has 0 unspecified atom stereocenters.